The third kappa shape index (κ3) is 1.77. The minimum atomic E-state index is -2.18. The highest BCUT2D eigenvalue weighted by molar-refractivity contribution is 7.80. The number of rotatable bonds is 2. The summed E-state index contributed by atoms with van der Waals surface area (Å²) in [5.74, 6) is 0. The van der Waals surface area contributed by atoms with Gasteiger partial charge in [-0.2, -0.15) is 5.26 Å². The number of hydrogen-bond donors (Lipinski definition) is 1. The Hall–Kier alpha value is -1.18. The standard InChI is InChI=1S/C9H9NO2S/c1-9(7-10,13(11)12)8-5-3-2-4-6-8/h2-6H,1H3,(H,11,12). The average Bonchev–Trinajstić information content (AvgIpc) is 2.17. The normalized spacial score (nSPS) is 17.0. The fourth-order valence-electron chi connectivity index (χ4n) is 0.961. The second-order valence-corrected chi connectivity index (χ2v) is 4.08. The van der Waals surface area contributed by atoms with Gasteiger partial charge in [-0.15, -0.1) is 0 Å². The number of benzene rings is 1. The van der Waals surface area contributed by atoms with E-state index in [1.54, 1.807) is 30.3 Å². The van der Waals surface area contributed by atoms with E-state index in [1.165, 1.54) is 6.92 Å². The molecule has 1 aromatic carbocycles. The van der Waals surface area contributed by atoms with E-state index in [4.69, 9.17) is 9.81 Å². The zero-order valence-corrected chi connectivity index (χ0v) is 7.91. The van der Waals surface area contributed by atoms with Crippen molar-refractivity contribution in [2.45, 2.75) is 11.7 Å². The number of nitriles is 1. The summed E-state index contributed by atoms with van der Waals surface area (Å²) in [6.07, 6.45) is 0. The molecule has 0 radical (unpaired) electrons. The summed E-state index contributed by atoms with van der Waals surface area (Å²) >= 11 is -2.18. The van der Waals surface area contributed by atoms with Crippen LogP contribution >= 0.6 is 0 Å². The van der Waals surface area contributed by atoms with E-state index in [1.807, 2.05) is 6.07 Å². The molecule has 1 aromatic rings. The van der Waals surface area contributed by atoms with Gasteiger partial charge in [0.25, 0.3) is 0 Å². The van der Waals surface area contributed by atoms with Crippen LogP contribution in [-0.4, -0.2) is 8.76 Å². The van der Waals surface area contributed by atoms with E-state index in [0.717, 1.165) is 0 Å². The lowest BCUT2D eigenvalue weighted by atomic mass is 10.0. The monoisotopic (exact) mass is 195 g/mol. The van der Waals surface area contributed by atoms with E-state index < -0.39 is 15.8 Å². The molecule has 0 amide bonds. The van der Waals surface area contributed by atoms with E-state index >= 15 is 0 Å². The van der Waals surface area contributed by atoms with Crippen molar-refractivity contribution in [2.75, 3.05) is 0 Å². The van der Waals surface area contributed by atoms with Crippen molar-refractivity contribution in [1.82, 2.24) is 0 Å². The molecule has 0 aromatic heterocycles. The lowest BCUT2D eigenvalue weighted by Gasteiger charge is -2.16. The Morgan fingerprint density at radius 3 is 2.38 bits per heavy atom. The molecule has 0 aliphatic rings. The van der Waals surface area contributed by atoms with Gasteiger partial charge in [0.2, 0.25) is 0 Å². The second-order valence-electron chi connectivity index (χ2n) is 2.76. The Morgan fingerprint density at radius 1 is 1.46 bits per heavy atom. The van der Waals surface area contributed by atoms with Crippen LogP contribution in [0.25, 0.3) is 0 Å². The average molecular weight is 195 g/mol. The van der Waals surface area contributed by atoms with E-state index in [9.17, 15) is 4.21 Å². The van der Waals surface area contributed by atoms with Crippen LogP contribution in [0.1, 0.15) is 12.5 Å². The van der Waals surface area contributed by atoms with Crippen LogP contribution < -0.4 is 0 Å². The first-order valence-corrected chi connectivity index (χ1v) is 4.79. The molecule has 0 heterocycles. The maximum atomic E-state index is 10.9. The topological polar surface area (TPSA) is 61.1 Å². The highest BCUT2D eigenvalue weighted by Crippen LogP contribution is 2.25. The molecule has 1 rings (SSSR count). The van der Waals surface area contributed by atoms with E-state index in [-0.39, 0.29) is 0 Å². The lowest BCUT2D eigenvalue weighted by Crippen LogP contribution is -2.25. The molecule has 1 N–H and O–H groups in total. The zero-order chi connectivity index (χ0) is 9.90. The van der Waals surface area contributed by atoms with Gasteiger partial charge in [-0.05, 0) is 12.5 Å². The van der Waals surface area contributed by atoms with Gasteiger partial charge in [-0.3, -0.25) is 0 Å². The second kappa shape index (κ2) is 3.69. The van der Waals surface area contributed by atoms with Crippen molar-refractivity contribution in [1.29, 1.82) is 5.26 Å². The number of nitrogens with zero attached hydrogens (tertiary/aromatic N) is 1. The smallest absolute Gasteiger partial charge is 0.179 e. The Labute approximate surface area is 79.3 Å². The Bertz CT molecular complexity index is 358. The van der Waals surface area contributed by atoms with Gasteiger partial charge in [0.05, 0.1) is 6.07 Å². The van der Waals surface area contributed by atoms with E-state index in [0.29, 0.717) is 5.56 Å². The van der Waals surface area contributed by atoms with Crippen LogP contribution in [0.3, 0.4) is 0 Å². The van der Waals surface area contributed by atoms with Crippen LogP contribution in [-0.2, 0) is 15.8 Å². The zero-order valence-electron chi connectivity index (χ0n) is 7.10. The highest BCUT2D eigenvalue weighted by Gasteiger charge is 2.32. The molecular formula is C9H9NO2S. The molecule has 0 saturated carbocycles. The lowest BCUT2D eigenvalue weighted by molar-refractivity contribution is 0.538. The van der Waals surface area contributed by atoms with Gasteiger partial charge >= 0.3 is 0 Å². The van der Waals surface area contributed by atoms with Gasteiger partial charge < -0.3 is 4.55 Å². The summed E-state index contributed by atoms with van der Waals surface area (Å²) in [4.78, 5) is 0. The van der Waals surface area contributed by atoms with Crippen molar-refractivity contribution in [3.05, 3.63) is 35.9 Å². The quantitative estimate of drug-likeness (QED) is 0.730. The maximum Gasteiger partial charge on any atom is 0.179 e. The predicted octanol–water partition coefficient (Wildman–Crippen LogP) is 1.65. The molecule has 0 aliphatic heterocycles. The fourth-order valence-corrected chi connectivity index (χ4v) is 1.38. The van der Waals surface area contributed by atoms with Gasteiger partial charge in [0.15, 0.2) is 15.8 Å². The molecule has 0 spiro atoms. The summed E-state index contributed by atoms with van der Waals surface area (Å²) < 4.78 is 18.6. The molecule has 2 unspecified atom stereocenters. The summed E-state index contributed by atoms with van der Waals surface area (Å²) in [7, 11) is 0. The van der Waals surface area contributed by atoms with Crippen LogP contribution in [0.15, 0.2) is 30.3 Å². The maximum absolute atomic E-state index is 10.9. The first-order chi connectivity index (χ1) is 6.11. The Morgan fingerprint density at radius 2 is 2.00 bits per heavy atom. The first-order valence-electron chi connectivity index (χ1n) is 3.69. The van der Waals surface area contributed by atoms with Crippen molar-refractivity contribution >= 4 is 11.1 Å². The van der Waals surface area contributed by atoms with Crippen LogP contribution in [0.4, 0.5) is 0 Å². The minimum Gasteiger partial charge on any atom is -0.305 e. The Kier molecular flexibility index (Phi) is 2.81. The summed E-state index contributed by atoms with van der Waals surface area (Å²) in [6, 6.07) is 10.4. The molecule has 0 bridgehead atoms. The molecule has 13 heavy (non-hydrogen) atoms. The Balaban J connectivity index is 3.21. The van der Waals surface area contributed by atoms with Crippen molar-refractivity contribution in [3.8, 4) is 6.07 Å². The van der Waals surface area contributed by atoms with Crippen molar-refractivity contribution in [3.63, 3.8) is 0 Å². The summed E-state index contributed by atoms with van der Waals surface area (Å²) in [5, 5.41) is 8.81. The fraction of sp³-hybridized carbons (Fsp3) is 0.222. The van der Waals surface area contributed by atoms with Gasteiger partial charge in [0.1, 0.15) is 0 Å². The summed E-state index contributed by atoms with van der Waals surface area (Å²) in [5.41, 5.74) is 0.554. The molecular weight excluding hydrogens is 186 g/mol. The van der Waals surface area contributed by atoms with Crippen LogP contribution in [0, 0.1) is 11.3 Å². The highest BCUT2D eigenvalue weighted by atomic mass is 32.2. The van der Waals surface area contributed by atoms with Gasteiger partial charge in [-0.25, -0.2) is 4.21 Å². The molecule has 3 nitrogen and oxygen atoms in total. The molecule has 0 fully saturated rings. The predicted molar refractivity (Wildman–Crippen MR) is 50.2 cm³/mol. The van der Waals surface area contributed by atoms with E-state index in [2.05, 4.69) is 0 Å². The molecule has 68 valence electrons. The molecule has 4 heteroatoms. The number of hydrogen-bond acceptors (Lipinski definition) is 2. The minimum absolute atomic E-state index is 0.554. The van der Waals surface area contributed by atoms with Gasteiger partial charge in [-0.1, -0.05) is 30.3 Å². The SMILES string of the molecule is CC(C#N)(c1ccccc1)S(=O)O. The summed E-state index contributed by atoms with van der Waals surface area (Å²) in [6.45, 7) is 1.44. The third-order valence-corrected chi connectivity index (χ3v) is 2.91. The van der Waals surface area contributed by atoms with Crippen molar-refractivity contribution in [2.24, 2.45) is 0 Å². The van der Waals surface area contributed by atoms with Crippen LogP contribution in [0.2, 0.25) is 0 Å². The molecule has 0 saturated heterocycles. The van der Waals surface area contributed by atoms with Crippen molar-refractivity contribution < 1.29 is 8.76 Å². The third-order valence-electron chi connectivity index (χ3n) is 1.89. The largest absolute Gasteiger partial charge is 0.305 e. The molecule has 0 aliphatic carbocycles. The molecule has 2 atom stereocenters. The van der Waals surface area contributed by atoms with Gasteiger partial charge in [0, 0.05) is 0 Å². The first kappa shape index (κ1) is 9.90. The van der Waals surface area contributed by atoms with Crippen LogP contribution in [0.5, 0.6) is 0 Å².